The number of benzene rings is 1. The second kappa shape index (κ2) is 13.5. The van der Waals surface area contributed by atoms with Gasteiger partial charge in [0.15, 0.2) is 16.9 Å². The third-order valence-corrected chi connectivity index (χ3v) is 14.0. The summed E-state index contributed by atoms with van der Waals surface area (Å²) in [6, 6.07) is 3.54. The predicted molar refractivity (Wildman–Crippen MR) is 180 cm³/mol. The summed E-state index contributed by atoms with van der Waals surface area (Å²) in [5.41, 5.74) is -5.62. The molecule has 4 heterocycles. The van der Waals surface area contributed by atoms with Gasteiger partial charge in [-0.15, -0.1) is 0 Å². The molecule has 13 nitrogen and oxygen atoms in total. The van der Waals surface area contributed by atoms with E-state index in [9.17, 15) is 35.4 Å². The van der Waals surface area contributed by atoms with Crippen LogP contribution in [0.1, 0.15) is 38.2 Å². The number of rotatable bonds is 6. The summed E-state index contributed by atoms with van der Waals surface area (Å²) < 4.78 is 31.3. The van der Waals surface area contributed by atoms with E-state index in [2.05, 4.69) is 5.32 Å². The average molecular weight is 724 g/mol. The molecule has 7 N–H and O–H groups in total. The number of carbonyl (C=O) groups is 1. The number of hydrogen-bond acceptors (Lipinski definition) is 15. The lowest BCUT2D eigenvalue weighted by Crippen LogP contribution is -2.90. The first-order valence-electron chi connectivity index (χ1n) is 17.0. The second-order valence-electron chi connectivity index (χ2n) is 13.7. The minimum Gasteiger partial charge on any atom is -0.485 e. The van der Waals surface area contributed by atoms with Crippen LogP contribution >= 0.6 is 21.6 Å². The minimum atomic E-state index is -2.46. The molecule has 2 aromatic rings. The van der Waals surface area contributed by atoms with Gasteiger partial charge in [-0.25, -0.2) is 0 Å². The number of nitrogens with one attached hydrogen (secondary N) is 1. The highest BCUT2D eigenvalue weighted by atomic mass is 33.1. The van der Waals surface area contributed by atoms with Crippen molar-refractivity contribution in [1.82, 2.24) is 5.32 Å². The van der Waals surface area contributed by atoms with Crippen LogP contribution in [0.2, 0.25) is 0 Å². The molecule has 1 aromatic heterocycles. The minimum absolute atomic E-state index is 0.00904. The van der Waals surface area contributed by atoms with Crippen LogP contribution < -0.4 is 14.8 Å². The molecule has 5 bridgehead atoms. The number of carbonyl (C=O) groups excluding carboxylic acids is 1. The van der Waals surface area contributed by atoms with Crippen LogP contribution in [0.4, 0.5) is 0 Å². The molecule has 15 heteroatoms. The maximum atomic E-state index is 13.2. The fraction of sp³-hybridized carbons (Fsp3) is 0.676. The first-order chi connectivity index (χ1) is 23.6. The van der Waals surface area contributed by atoms with Crippen molar-refractivity contribution in [2.45, 2.75) is 79.1 Å². The number of esters is 1. The monoisotopic (exact) mass is 723 g/mol. The Bertz CT molecular complexity index is 1570. The number of aryl methyl sites for hydroxylation is 1. The Morgan fingerprint density at radius 2 is 2.00 bits per heavy atom. The van der Waals surface area contributed by atoms with Gasteiger partial charge in [0.1, 0.15) is 23.9 Å². The van der Waals surface area contributed by atoms with Crippen molar-refractivity contribution in [3.8, 4) is 11.5 Å². The number of fused-ring (bicyclic) bond motifs is 11. The van der Waals surface area contributed by atoms with E-state index in [1.807, 2.05) is 0 Å². The molecule has 1 unspecified atom stereocenters. The lowest BCUT2D eigenvalue weighted by molar-refractivity contribution is -0.453. The van der Waals surface area contributed by atoms with E-state index in [0.29, 0.717) is 48.2 Å². The van der Waals surface area contributed by atoms with Crippen molar-refractivity contribution >= 4 is 38.5 Å². The Morgan fingerprint density at radius 1 is 1.16 bits per heavy atom. The Kier molecular flexibility index (Phi) is 9.74. The highest BCUT2D eigenvalue weighted by Crippen LogP contribution is 2.66. The van der Waals surface area contributed by atoms with Gasteiger partial charge in [-0.05, 0) is 62.3 Å². The molecule has 3 fully saturated rings. The third kappa shape index (κ3) is 5.34. The van der Waals surface area contributed by atoms with E-state index in [1.54, 1.807) is 25.1 Å². The predicted octanol–water partition coefficient (Wildman–Crippen LogP) is 1.29. The zero-order valence-electron chi connectivity index (χ0n) is 27.3. The van der Waals surface area contributed by atoms with Crippen LogP contribution in [-0.2, 0) is 20.7 Å². The van der Waals surface area contributed by atoms with Crippen molar-refractivity contribution in [1.29, 1.82) is 0 Å². The first kappa shape index (κ1) is 35.4. The standard InChI is InChI=1S/C34H45NO12S2/c1-2-43-25(39)6-4-19-15-20-8-12-44-27(20)29-28(19)46-33-9-7-24(49-48-14-11-35-10-13-45-29)32(18-37,47-33)31(41)16-21-3-5-23(38)22(17-36)26(21)34(33,42)30(31)40/h7-9,12,15,21-24,26,30,35-38,40-42H,2-6,10-11,13-14,16-18H2,1H3/t21-,22+,23+,24?,26+,30+,31-,32+,33-,34-/m1/s1. The van der Waals surface area contributed by atoms with Gasteiger partial charge in [-0.2, -0.15) is 0 Å². The fourth-order valence-corrected chi connectivity index (χ4v) is 11.7. The molecule has 49 heavy (non-hydrogen) atoms. The Morgan fingerprint density at radius 3 is 2.78 bits per heavy atom. The van der Waals surface area contributed by atoms with Crippen LogP contribution in [0.5, 0.6) is 11.5 Å². The zero-order chi connectivity index (χ0) is 34.6. The summed E-state index contributed by atoms with van der Waals surface area (Å²) in [5, 5.41) is 74.6. The third-order valence-electron chi connectivity index (χ3n) is 11.2. The van der Waals surface area contributed by atoms with E-state index < -0.39 is 77.0 Å². The summed E-state index contributed by atoms with van der Waals surface area (Å²) in [4.78, 5) is 12.6. The number of hydrogen-bond donors (Lipinski definition) is 7. The molecule has 0 amide bonds. The van der Waals surface area contributed by atoms with Gasteiger partial charge in [0.2, 0.25) is 5.75 Å². The summed E-state index contributed by atoms with van der Waals surface area (Å²) in [7, 11) is 2.90. The Balaban J connectivity index is 1.47. The zero-order valence-corrected chi connectivity index (χ0v) is 28.9. The molecule has 0 radical (unpaired) electrons. The highest BCUT2D eigenvalue weighted by Gasteiger charge is 2.83. The lowest BCUT2D eigenvalue weighted by Gasteiger charge is -2.72. The first-order valence-corrected chi connectivity index (χ1v) is 19.4. The quantitative estimate of drug-likeness (QED) is 0.128. The van der Waals surface area contributed by atoms with E-state index in [1.165, 1.54) is 33.9 Å². The molecular weight excluding hydrogens is 679 g/mol. The Labute approximate surface area is 291 Å². The largest absolute Gasteiger partial charge is 0.485 e. The molecule has 3 aliphatic heterocycles. The van der Waals surface area contributed by atoms with Gasteiger partial charge in [-0.1, -0.05) is 27.7 Å². The van der Waals surface area contributed by atoms with Gasteiger partial charge < -0.3 is 59.3 Å². The van der Waals surface area contributed by atoms with E-state index in [0.717, 1.165) is 0 Å². The van der Waals surface area contributed by atoms with Gasteiger partial charge >= 0.3 is 5.97 Å². The maximum absolute atomic E-state index is 13.2. The van der Waals surface area contributed by atoms with Gasteiger partial charge in [-0.3, -0.25) is 4.79 Å². The van der Waals surface area contributed by atoms with Crippen molar-refractivity contribution in [3.05, 3.63) is 36.1 Å². The van der Waals surface area contributed by atoms with Crippen LogP contribution in [0, 0.1) is 17.8 Å². The summed E-state index contributed by atoms with van der Waals surface area (Å²) in [6.07, 6.45) is 2.58. The van der Waals surface area contributed by atoms with Crippen LogP contribution in [0.3, 0.4) is 0 Å². The van der Waals surface area contributed by atoms with Gasteiger partial charge in [0.05, 0.1) is 30.8 Å². The van der Waals surface area contributed by atoms with E-state index in [4.69, 9.17) is 23.4 Å². The van der Waals surface area contributed by atoms with Crippen LogP contribution in [-0.4, -0.2) is 122 Å². The number of aliphatic hydroxyl groups is 6. The normalized spacial score (nSPS) is 40.3. The number of furan rings is 1. The Hall–Kier alpha value is -2.05. The summed E-state index contributed by atoms with van der Waals surface area (Å²) in [6.45, 7) is 2.03. The number of aliphatic hydroxyl groups excluding tert-OH is 4. The number of ether oxygens (including phenoxy) is 4. The molecular formula is C34H45NO12S2. The average Bonchev–Trinajstić information content (AvgIpc) is 3.56. The molecule has 2 saturated carbocycles. The lowest BCUT2D eigenvalue weighted by atomic mass is 9.46. The summed E-state index contributed by atoms with van der Waals surface area (Å²) >= 11 is 0. The molecule has 7 rings (SSSR count). The topological polar surface area (TPSA) is 201 Å². The maximum Gasteiger partial charge on any atom is 0.306 e. The molecule has 1 aromatic carbocycles. The summed E-state index contributed by atoms with van der Waals surface area (Å²) in [5.74, 6) is -4.17. The fourth-order valence-electron chi connectivity index (χ4n) is 8.95. The molecule has 2 aliphatic carbocycles. The SMILES string of the molecule is CCOC(=O)CCc1cc2ccoc2c2c1O[C@]13C=CC(SSCCNCCO2)[C@](CO)(O1)[C@@]1(O)C[C@H]2CC[C@H](O)[C@H](CO)[C@H]2[C@@]3(O)[C@H]1O. The van der Waals surface area contributed by atoms with Crippen LogP contribution in [0.25, 0.3) is 11.0 Å². The molecule has 10 atom stereocenters. The van der Waals surface area contributed by atoms with Crippen molar-refractivity contribution in [2.24, 2.45) is 17.8 Å². The molecule has 5 aliphatic rings. The smallest absolute Gasteiger partial charge is 0.306 e. The van der Waals surface area contributed by atoms with Crippen LogP contribution in [0.15, 0.2) is 35.0 Å². The van der Waals surface area contributed by atoms with Gasteiger partial charge in [0, 0.05) is 49.1 Å². The van der Waals surface area contributed by atoms with Crippen molar-refractivity contribution in [2.75, 3.05) is 45.3 Å². The van der Waals surface area contributed by atoms with Crippen molar-refractivity contribution < 1.29 is 58.8 Å². The highest BCUT2D eigenvalue weighted by molar-refractivity contribution is 8.77. The van der Waals surface area contributed by atoms with E-state index in [-0.39, 0.29) is 44.0 Å². The molecule has 1 saturated heterocycles. The molecule has 1 spiro atoms. The molecule has 270 valence electrons. The second-order valence-corrected chi connectivity index (χ2v) is 16.3. The van der Waals surface area contributed by atoms with E-state index >= 15 is 0 Å². The van der Waals surface area contributed by atoms with Crippen molar-refractivity contribution in [3.63, 3.8) is 0 Å². The van der Waals surface area contributed by atoms with Gasteiger partial charge in [0.25, 0.3) is 5.79 Å².